The molecule has 1 heterocycles. The maximum Gasteiger partial charge on any atom is 0.251 e. The van der Waals surface area contributed by atoms with Crippen molar-refractivity contribution < 1.29 is 17.6 Å². The fourth-order valence-corrected chi connectivity index (χ4v) is 4.64. The van der Waals surface area contributed by atoms with Crippen LogP contribution < -0.4 is 11.1 Å². The maximum atomic E-state index is 14.3. The highest BCUT2D eigenvalue weighted by molar-refractivity contribution is 5.92. The Balaban J connectivity index is 0.000000226. The lowest BCUT2D eigenvalue weighted by Gasteiger charge is -2.44. The van der Waals surface area contributed by atoms with E-state index in [1.165, 1.54) is 30.3 Å². The van der Waals surface area contributed by atoms with Crippen molar-refractivity contribution in [2.45, 2.75) is 63.3 Å². The Bertz CT molecular complexity index is 1120. The van der Waals surface area contributed by atoms with Gasteiger partial charge in [-0.25, -0.2) is 17.6 Å². The number of rotatable bonds is 3. The van der Waals surface area contributed by atoms with Crippen molar-refractivity contribution in [1.82, 2.24) is 10.3 Å². The Morgan fingerprint density at radius 2 is 1.71 bits per heavy atom. The van der Waals surface area contributed by atoms with Crippen LogP contribution in [0.2, 0.25) is 0 Å². The molecule has 0 radical (unpaired) electrons. The van der Waals surface area contributed by atoms with E-state index >= 15 is 0 Å². The SMILES string of the molecule is C=CN.CNC1(C)CC(F)(F)C1.Cc1cc(F)c2[nH]c(-c3ccc(F)cc3)c(C3CCC3)c2c1. The lowest BCUT2D eigenvalue weighted by molar-refractivity contribution is -0.125. The molecular formula is C27H33F4N3. The third-order valence-corrected chi connectivity index (χ3v) is 6.59. The number of halogens is 4. The van der Waals surface area contributed by atoms with Crippen LogP contribution in [-0.4, -0.2) is 23.5 Å². The van der Waals surface area contributed by atoms with Crippen LogP contribution in [0.15, 0.2) is 49.2 Å². The van der Waals surface area contributed by atoms with Gasteiger partial charge in [0.2, 0.25) is 0 Å². The number of aryl methyl sites for hydroxylation is 1. The van der Waals surface area contributed by atoms with Crippen LogP contribution in [0.5, 0.6) is 0 Å². The first kappa shape index (κ1) is 25.8. The number of hydrogen-bond acceptors (Lipinski definition) is 2. The smallest absolute Gasteiger partial charge is 0.251 e. The first-order valence-corrected chi connectivity index (χ1v) is 11.5. The van der Waals surface area contributed by atoms with Crippen molar-refractivity contribution in [3.8, 4) is 11.3 Å². The molecule has 0 spiro atoms. The number of nitrogens with one attached hydrogen (secondary N) is 2. The molecule has 2 aliphatic rings. The Labute approximate surface area is 198 Å². The van der Waals surface area contributed by atoms with Crippen molar-refractivity contribution in [2.75, 3.05) is 7.05 Å². The van der Waals surface area contributed by atoms with Gasteiger partial charge in [0.25, 0.3) is 5.92 Å². The number of aromatic nitrogens is 1. The average molecular weight is 476 g/mol. The Morgan fingerprint density at radius 1 is 1.12 bits per heavy atom. The molecule has 4 N–H and O–H groups in total. The van der Waals surface area contributed by atoms with Crippen molar-refractivity contribution in [1.29, 1.82) is 0 Å². The van der Waals surface area contributed by atoms with E-state index in [2.05, 4.69) is 28.7 Å². The number of aromatic amines is 1. The first-order valence-electron chi connectivity index (χ1n) is 11.5. The molecule has 0 unspecified atom stereocenters. The third kappa shape index (κ3) is 5.63. The first-order chi connectivity index (χ1) is 16.0. The summed E-state index contributed by atoms with van der Waals surface area (Å²) < 4.78 is 51.9. The molecule has 34 heavy (non-hydrogen) atoms. The van der Waals surface area contributed by atoms with Gasteiger partial charge in [-0.1, -0.05) is 13.0 Å². The van der Waals surface area contributed by atoms with Crippen LogP contribution >= 0.6 is 0 Å². The molecule has 0 aliphatic heterocycles. The largest absolute Gasteiger partial charge is 0.405 e. The minimum atomic E-state index is -2.41. The summed E-state index contributed by atoms with van der Waals surface area (Å²) >= 11 is 0. The highest BCUT2D eigenvalue weighted by Gasteiger charge is 2.52. The zero-order chi connectivity index (χ0) is 25.1. The minimum absolute atomic E-state index is 0.0174. The second-order valence-corrected chi connectivity index (χ2v) is 9.47. The summed E-state index contributed by atoms with van der Waals surface area (Å²) in [6.45, 7) is 6.86. The van der Waals surface area contributed by atoms with Gasteiger partial charge >= 0.3 is 0 Å². The quantitative estimate of drug-likeness (QED) is 0.352. The predicted octanol–water partition coefficient (Wildman–Crippen LogP) is 7.17. The molecule has 184 valence electrons. The normalized spacial score (nSPS) is 18.0. The lowest BCUT2D eigenvalue weighted by atomic mass is 9.75. The van der Waals surface area contributed by atoms with Crippen LogP contribution in [0.3, 0.4) is 0 Å². The number of H-pyrrole nitrogens is 1. The molecule has 2 saturated carbocycles. The van der Waals surface area contributed by atoms with Crippen molar-refractivity contribution in [2.24, 2.45) is 5.73 Å². The van der Waals surface area contributed by atoms with Gasteiger partial charge in [0.05, 0.1) is 11.2 Å². The van der Waals surface area contributed by atoms with E-state index in [0.29, 0.717) is 11.4 Å². The van der Waals surface area contributed by atoms with E-state index in [9.17, 15) is 17.6 Å². The molecule has 2 aromatic carbocycles. The molecule has 3 nitrogen and oxygen atoms in total. The number of fused-ring (bicyclic) bond motifs is 1. The number of alkyl halides is 2. The number of benzene rings is 2. The van der Waals surface area contributed by atoms with Gasteiger partial charge in [0, 0.05) is 23.8 Å². The van der Waals surface area contributed by atoms with Crippen LogP contribution in [0.1, 0.15) is 56.1 Å². The highest BCUT2D eigenvalue weighted by Crippen LogP contribution is 2.46. The van der Waals surface area contributed by atoms with Gasteiger partial charge < -0.3 is 16.0 Å². The second-order valence-electron chi connectivity index (χ2n) is 9.47. The topological polar surface area (TPSA) is 53.8 Å². The van der Waals surface area contributed by atoms with Crippen molar-refractivity contribution in [3.05, 3.63) is 71.9 Å². The number of nitrogens with two attached hydrogens (primary N) is 1. The van der Waals surface area contributed by atoms with E-state index in [0.717, 1.165) is 35.0 Å². The molecule has 0 atom stereocenters. The Morgan fingerprint density at radius 3 is 2.15 bits per heavy atom. The van der Waals surface area contributed by atoms with Gasteiger partial charge in [-0.3, -0.25) is 0 Å². The summed E-state index contributed by atoms with van der Waals surface area (Å²) in [7, 11) is 1.72. The van der Waals surface area contributed by atoms with Gasteiger partial charge in [-0.2, -0.15) is 0 Å². The highest BCUT2D eigenvalue weighted by atomic mass is 19.3. The zero-order valence-electron chi connectivity index (χ0n) is 20.0. The summed E-state index contributed by atoms with van der Waals surface area (Å²) in [5.41, 5.74) is 8.84. The van der Waals surface area contributed by atoms with Crippen LogP contribution in [0.25, 0.3) is 22.2 Å². The van der Waals surface area contributed by atoms with Crippen LogP contribution in [0.4, 0.5) is 17.6 Å². The molecule has 0 bridgehead atoms. The summed E-state index contributed by atoms with van der Waals surface area (Å²) in [5, 5.41) is 3.83. The van der Waals surface area contributed by atoms with Gasteiger partial charge in [0.1, 0.15) is 11.6 Å². The lowest BCUT2D eigenvalue weighted by Crippen LogP contribution is -2.57. The maximum absolute atomic E-state index is 14.3. The summed E-state index contributed by atoms with van der Waals surface area (Å²) in [6.07, 6.45) is 4.70. The Kier molecular flexibility index (Phi) is 7.76. The summed E-state index contributed by atoms with van der Waals surface area (Å²) in [5.74, 6) is -2.41. The molecule has 7 heteroatoms. The van der Waals surface area contributed by atoms with E-state index in [4.69, 9.17) is 0 Å². The van der Waals surface area contributed by atoms with E-state index in [1.807, 2.05) is 13.8 Å². The van der Waals surface area contributed by atoms with Crippen LogP contribution in [0, 0.1) is 18.6 Å². The monoisotopic (exact) mass is 475 g/mol. The van der Waals surface area contributed by atoms with E-state index in [1.54, 1.807) is 25.2 Å². The van der Waals surface area contributed by atoms with Gasteiger partial charge in [0.15, 0.2) is 0 Å². The fraction of sp³-hybridized carbons (Fsp3) is 0.407. The molecule has 2 fully saturated rings. The second kappa shape index (κ2) is 10.2. The summed E-state index contributed by atoms with van der Waals surface area (Å²) in [4.78, 5) is 3.25. The van der Waals surface area contributed by atoms with Crippen molar-refractivity contribution in [3.63, 3.8) is 0 Å². The summed E-state index contributed by atoms with van der Waals surface area (Å²) in [6, 6.07) is 10.0. The minimum Gasteiger partial charge on any atom is -0.405 e. The van der Waals surface area contributed by atoms with Crippen molar-refractivity contribution >= 4 is 10.9 Å². The van der Waals surface area contributed by atoms with Gasteiger partial charge in [-0.05, 0) is 98.9 Å². The Hall–Kier alpha value is -2.80. The molecular weight excluding hydrogens is 442 g/mol. The molecule has 3 aromatic rings. The fourth-order valence-electron chi connectivity index (χ4n) is 4.64. The predicted molar refractivity (Wildman–Crippen MR) is 131 cm³/mol. The molecule has 1 aromatic heterocycles. The average Bonchev–Trinajstić information content (AvgIpc) is 3.06. The van der Waals surface area contributed by atoms with E-state index in [-0.39, 0.29) is 30.0 Å². The standard InChI is InChI=1S/C19H17F2N.C6H11F2N.C2H5N/c1-11-9-15-17(12-3-2-4-12)18(22-19(15)16(21)10-11)13-5-7-14(20)8-6-13;1-5(9-2)3-6(7,8)4-5;1-2-3/h5-10,12,22H,2-4H2,1H3;9H,3-4H2,1-2H3;2H,1,3H2. The van der Waals surface area contributed by atoms with E-state index < -0.39 is 5.92 Å². The van der Waals surface area contributed by atoms with Crippen LogP contribution in [-0.2, 0) is 0 Å². The molecule has 0 amide bonds. The molecule has 5 rings (SSSR count). The van der Waals surface area contributed by atoms with Gasteiger partial charge in [-0.15, -0.1) is 0 Å². The zero-order valence-corrected chi connectivity index (χ0v) is 20.0. The third-order valence-electron chi connectivity index (χ3n) is 6.59. The number of hydrogen-bond donors (Lipinski definition) is 3. The molecule has 0 saturated heterocycles. The molecule has 2 aliphatic carbocycles.